The number of aryl methyl sites for hydroxylation is 1. The van der Waals surface area contributed by atoms with Crippen molar-refractivity contribution >= 4 is 45.4 Å². The van der Waals surface area contributed by atoms with Crippen molar-refractivity contribution in [3.8, 4) is 0 Å². The van der Waals surface area contributed by atoms with Crippen molar-refractivity contribution in [2.45, 2.75) is 6.92 Å². The molecule has 1 aliphatic heterocycles. The summed E-state index contributed by atoms with van der Waals surface area (Å²) in [5.41, 5.74) is 3.79. The summed E-state index contributed by atoms with van der Waals surface area (Å²) in [5, 5.41) is 6.52. The SMILES string of the molecule is Cc1ccc(Cl)cc1N1CCN(C(=O)c2csc(Nc3ccccc3)n2)CC1. The van der Waals surface area contributed by atoms with E-state index in [0.717, 1.165) is 34.6 Å². The molecule has 1 aliphatic rings. The van der Waals surface area contributed by atoms with Crippen LogP contribution in [-0.2, 0) is 0 Å². The molecule has 28 heavy (non-hydrogen) atoms. The maximum atomic E-state index is 12.8. The maximum absolute atomic E-state index is 12.8. The van der Waals surface area contributed by atoms with Crippen LogP contribution in [0.25, 0.3) is 0 Å². The van der Waals surface area contributed by atoms with Gasteiger partial charge in [-0.05, 0) is 36.8 Å². The van der Waals surface area contributed by atoms with Gasteiger partial charge in [-0.2, -0.15) is 0 Å². The molecule has 3 aromatic rings. The van der Waals surface area contributed by atoms with Crippen LogP contribution in [0.2, 0.25) is 5.02 Å². The molecule has 0 radical (unpaired) electrons. The summed E-state index contributed by atoms with van der Waals surface area (Å²) in [7, 11) is 0. The molecular formula is C21H21ClN4OS. The Morgan fingerprint density at radius 2 is 1.86 bits per heavy atom. The number of para-hydroxylation sites is 1. The molecule has 0 unspecified atom stereocenters. The number of hydrogen-bond donors (Lipinski definition) is 1. The normalized spacial score (nSPS) is 14.2. The summed E-state index contributed by atoms with van der Waals surface area (Å²) < 4.78 is 0. The minimum Gasteiger partial charge on any atom is -0.368 e. The van der Waals surface area contributed by atoms with Crippen molar-refractivity contribution in [2.24, 2.45) is 0 Å². The minimum absolute atomic E-state index is 0.0140. The largest absolute Gasteiger partial charge is 0.368 e. The minimum atomic E-state index is -0.0140. The average Bonchev–Trinajstić information content (AvgIpc) is 3.18. The molecule has 0 saturated carbocycles. The van der Waals surface area contributed by atoms with Crippen molar-refractivity contribution in [3.63, 3.8) is 0 Å². The van der Waals surface area contributed by atoms with Gasteiger partial charge >= 0.3 is 0 Å². The standard InChI is InChI=1S/C21H21ClN4OS/c1-15-7-8-16(22)13-19(15)25-9-11-26(12-10-25)20(27)18-14-28-21(24-18)23-17-5-3-2-4-6-17/h2-8,13-14H,9-12H2,1H3,(H,23,24). The van der Waals surface area contributed by atoms with E-state index in [4.69, 9.17) is 11.6 Å². The van der Waals surface area contributed by atoms with Gasteiger partial charge in [-0.25, -0.2) is 4.98 Å². The second-order valence-corrected chi connectivity index (χ2v) is 8.03. The number of piperazine rings is 1. The Bertz CT molecular complexity index is 968. The first kappa shape index (κ1) is 18.8. The lowest BCUT2D eigenvalue weighted by Gasteiger charge is -2.36. The first-order chi connectivity index (χ1) is 13.6. The molecule has 0 spiro atoms. The summed E-state index contributed by atoms with van der Waals surface area (Å²) in [6.45, 7) is 4.99. The monoisotopic (exact) mass is 412 g/mol. The van der Waals surface area contributed by atoms with Gasteiger partial charge in [0.05, 0.1) is 0 Å². The van der Waals surface area contributed by atoms with Crippen molar-refractivity contribution in [2.75, 3.05) is 36.4 Å². The molecule has 7 heteroatoms. The van der Waals surface area contributed by atoms with Gasteiger partial charge in [0, 0.05) is 48.0 Å². The van der Waals surface area contributed by atoms with E-state index < -0.39 is 0 Å². The Balaban J connectivity index is 1.38. The van der Waals surface area contributed by atoms with E-state index in [-0.39, 0.29) is 5.91 Å². The first-order valence-corrected chi connectivity index (χ1v) is 10.4. The first-order valence-electron chi connectivity index (χ1n) is 9.18. The number of anilines is 3. The summed E-state index contributed by atoms with van der Waals surface area (Å²) in [5.74, 6) is -0.0140. The molecule has 144 valence electrons. The summed E-state index contributed by atoms with van der Waals surface area (Å²) in [6.07, 6.45) is 0. The Labute approximate surface area is 173 Å². The van der Waals surface area contributed by atoms with Crippen LogP contribution in [-0.4, -0.2) is 42.0 Å². The lowest BCUT2D eigenvalue weighted by atomic mass is 10.1. The molecule has 2 heterocycles. The molecule has 1 aromatic heterocycles. The highest BCUT2D eigenvalue weighted by Gasteiger charge is 2.24. The van der Waals surface area contributed by atoms with E-state index in [9.17, 15) is 4.79 Å². The third kappa shape index (κ3) is 4.13. The Hall–Kier alpha value is -2.57. The van der Waals surface area contributed by atoms with E-state index in [0.29, 0.717) is 18.8 Å². The van der Waals surface area contributed by atoms with Gasteiger partial charge in [0.25, 0.3) is 5.91 Å². The quantitative estimate of drug-likeness (QED) is 0.668. The second-order valence-electron chi connectivity index (χ2n) is 6.74. The fraction of sp³-hybridized carbons (Fsp3) is 0.238. The van der Waals surface area contributed by atoms with E-state index in [1.165, 1.54) is 16.9 Å². The molecule has 0 atom stereocenters. The zero-order valence-electron chi connectivity index (χ0n) is 15.6. The number of benzene rings is 2. The second kappa shape index (κ2) is 8.20. The fourth-order valence-corrected chi connectivity index (χ4v) is 4.18. The molecule has 1 amide bonds. The third-order valence-electron chi connectivity index (χ3n) is 4.83. The van der Waals surface area contributed by atoms with Crippen LogP contribution < -0.4 is 10.2 Å². The lowest BCUT2D eigenvalue weighted by Crippen LogP contribution is -2.49. The van der Waals surface area contributed by atoms with Crippen LogP contribution in [0.3, 0.4) is 0 Å². The number of thiazole rings is 1. The van der Waals surface area contributed by atoms with E-state index >= 15 is 0 Å². The van der Waals surface area contributed by atoms with Crippen LogP contribution in [0.4, 0.5) is 16.5 Å². The zero-order valence-corrected chi connectivity index (χ0v) is 17.1. The van der Waals surface area contributed by atoms with E-state index in [2.05, 4.69) is 22.1 Å². The topological polar surface area (TPSA) is 48.5 Å². The van der Waals surface area contributed by atoms with Crippen molar-refractivity contribution in [1.82, 2.24) is 9.88 Å². The molecular weight excluding hydrogens is 392 g/mol. The van der Waals surface area contributed by atoms with Gasteiger partial charge in [0.15, 0.2) is 5.13 Å². The fourth-order valence-electron chi connectivity index (χ4n) is 3.31. The molecule has 0 bridgehead atoms. The van der Waals surface area contributed by atoms with Gasteiger partial charge in [0.2, 0.25) is 0 Å². The molecule has 0 aliphatic carbocycles. The maximum Gasteiger partial charge on any atom is 0.273 e. The molecule has 1 saturated heterocycles. The van der Waals surface area contributed by atoms with Crippen molar-refractivity contribution < 1.29 is 4.79 Å². The van der Waals surface area contributed by atoms with Gasteiger partial charge in [-0.15, -0.1) is 11.3 Å². The van der Waals surface area contributed by atoms with Crippen LogP contribution in [0.1, 0.15) is 16.1 Å². The number of rotatable bonds is 4. The van der Waals surface area contributed by atoms with Crippen LogP contribution in [0.15, 0.2) is 53.9 Å². The number of carbonyl (C=O) groups excluding carboxylic acids is 1. The Kier molecular flexibility index (Phi) is 5.50. The molecule has 2 aromatic carbocycles. The van der Waals surface area contributed by atoms with Gasteiger partial charge in [-0.1, -0.05) is 35.9 Å². The highest BCUT2D eigenvalue weighted by atomic mass is 35.5. The van der Waals surface area contributed by atoms with Crippen molar-refractivity contribution in [1.29, 1.82) is 0 Å². The Morgan fingerprint density at radius 1 is 1.11 bits per heavy atom. The number of aromatic nitrogens is 1. The number of halogens is 1. The Morgan fingerprint density at radius 3 is 2.61 bits per heavy atom. The summed E-state index contributed by atoms with van der Waals surface area (Å²) in [6, 6.07) is 15.8. The van der Waals surface area contributed by atoms with Gasteiger partial charge in [0.1, 0.15) is 5.69 Å². The zero-order chi connectivity index (χ0) is 19.5. The number of hydrogen-bond acceptors (Lipinski definition) is 5. The van der Waals surface area contributed by atoms with Crippen LogP contribution in [0, 0.1) is 6.92 Å². The van der Waals surface area contributed by atoms with Crippen LogP contribution >= 0.6 is 22.9 Å². The number of nitrogens with one attached hydrogen (secondary N) is 1. The molecule has 5 nitrogen and oxygen atoms in total. The summed E-state index contributed by atoms with van der Waals surface area (Å²) >= 11 is 7.59. The number of amides is 1. The van der Waals surface area contributed by atoms with Crippen molar-refractivity contribution in [3.05, 3.63) is 70.2 Å². The predicted molar refractivity (Wildman–Crippen MR) is 116 cm³/mol. The average molecular weight is 413 g/mol. The van der Waals surface area contributed by atoms with Gasteiger partial charge in [-0.3, -0.25) is 4.79 Å². The third-order valence-corrected chi connectivity index (χ3v) is 5.82. The molecule has 1 fully saturated rings. The van der Waals surface area contributed by atoms with E-state index in [1.807, 2.05) is 58.8 Å². The smallest absolute Gasteiger partial charge is 0.273 e. The van der Waals surface area contributed by atoms with E-state index in [1.54, 1.807) is 0 Å². The number of carbonyl (C=O) groups is 1. The van der Waals surface area contributed by atoms with Crippen LogP contribution in [0.5, 0.6) is 0 Å². The number of nitrogens with zero attached hydrogens (tertiary/aromatic N) is 3. The predicted octanol–water partition coefficient (Wildman–Crippen LogP) is 4.81. The lowest BCUT2D eigenvalue weighted by molar-refractivity contribution is 0.0742. The highest BCUT2D eigenvalue weighted by molar-refractivity contribution is 7.14. The molecule has 1 N–H and O–H groups in total. The van der Waals surface area contributed by atoms with Gasteiger partial charge < -0.3 is 15.1 Å². The highest BCUT2D eigenvalue weighted by Crippen LogP contribution is 2.26. The molecule has 4 rings (SSSR count). The summed E-state index contributed by atoms with van der Waals surface area (Å²) in [4.78, 5) is 21.5.